The topological polar surface area (TPSA) is 60.4 Å². The molecule has 0 saturated heterocycles. The number of hydrogen-bond donors (Lipinski definition) is 0. The van der Waals surface area contributed by atoms with Crippen LogP contribution in [-0.4, -0.2) is 32.4 Å². The monoisotopic (exact) mass is 228 g/mol. The van der Waals surface area contributed by atoms with Crippen LogP contribution in [-0.2, 0) is 18.9 Å². The van der Waals surface area contributed by atoms with Gasteiger partial charge in [0.05, 0.1) is 11.9 Å². The standard InChI is InChI=1S/C7H17O4PS/c1-5-11-12(4,8)6-13(9,10)7(2)3/h7H,5-6H2,1-4H3. The predicted molar refractivity (Wildman–Crippen MR) is 54.1 cm³/mol. The third kappa shape index (κ3) is 4.79. The summed E-state index contributed by atoms with van der Waals surface area (Å²) in [6.07, 6.45) is 0. The fourth-order valence-corrected chi connectivity index (χ4v) is 5.44. The lowest BCUT2D eigenvalue weighted by atomic mass is 10.6. The van der Waals surface area contributed by atoms with Crippen molar-refractivity contribution in [2.24, 2.45) is 0 Å². The number of sulfone groups is 1. The Bertz CT molecular complexity index is 294. The van der Waals surface area contributed by atoms with Crippen molar-refractivity contribution in [1.82, 2.24) is 0 Å². The minimum Gasteiger partial charge on any atom is -0.328 e. The highest BCUT2D eigenvalue weighted by molar-refractivity contribution is 7.98. The van der Waals surface area contributed by atoms with Crippen LogP contribution in [0.3, 0.4) is 0 Å². The van der Waals surface area contributed by atoms with E-state index in [2.05, 4.69) is 0 Å². The SMILES string of the molecule is CCOP(C)(=O)CS(=O)(=O)C(C)C. The molecule has 1 unspecified atom stereocenters. The summed E-state index contributed by atoms with van der Waals surface area (Å²) in [4.78, 5) is 0. The van der Waals surface area contributed by atoms with Crippen LogP contribution in [0.5, 0.6) is 0 Å². The van der Waals surface area contributed by atoms with Gasteiger partial charge in [0.15, 0.2) is 9.84 Å². The molecule has 0 N–H and O–H groups in total. The molecule has 0 aromatic heterocycles. The first kappa shape index (κ1) is 13.1. The van der Waals surface area contributed by atoms with Gasteiger partial charge in [-0.15, -0.1) is 0 Å². The van der Waals surface area contributed by atoms with E-state index in [0.717, 1.165) is 0 Å². The average molecular weight is 228 g/mol. The summed E-state index contributed by atoms with van der Waals surface area (Å²) in [7, 11) is -6.22. The Morgan fingerprint density at radius 1 is 1.38 bits per heavy atom. The van der Waals surface area contributed by atoms with Crippen LogP contribution < -0.4 is 0 Å². The Kier molecular flexibility index (Phi) is 4.63. The van der Waals surface area contributed by atoms with Crippen molar-refractivity contribution in [2.75, 3.05) is 18.8 Å². The van der Waals surface area contributed by atoms with Crippen LogP contribution >= 0.6 is 7.37 Å². The van der Waals surface area contributed by atoms with Crippen LogP contribution in [0, 0.1) is 0 Å². The molecule has 0 heterocycles. The molecule has 0 aromatic rings. The van der Waals surface area contributed by atoms with Gasteiger partial charge in [-0.05, 0) is 20.8 Å². The molecule has 1 atom stereocenters. The Labute approximate surface area is 80.0 Å². The van der Waals surface area contributed by atoms with Crippen molar-refractivity contribution >= 4 is 17.2 Å². The lowest BCUT2D eigenvalue weighted by Gasteiger charge is -2.14. The van der Waals surface area contributed by atoms with E-state index in [0.29, 0.717) is 0 Å². The van der Waals surface area contributed by atoms with E-state index in [9.17, 15) is 13.0 Å². The summed E-state index contributed by atoms with van der Waals surface area (Å²) in [5, 5.41) is -0.499. The third-order valence-corrected chi connectivity index (χ3v) is 7.09. The number of rotatable bonds is 5. The number of hydrogen-bond acceptors (Lipinski definition) is 4. The molecule has 6 heteroatoms. The molecule has 0 aliphatic carbocycles. The van der Waals surface area contributed by atoms with Crippen molar-refractivity contribution in [2.45, 2.75) is 26.0 Å². The molecule has 0 spiro atoms. The summed E-state index contributed by atoms with van der Waals surface area (Å²) < 4.78 is 39.2. The Morgan fingerprint density at radius 3 is 2.15 bits per heavy atom. The highest BCUT2D eigenvalue weighted by Crippen LogP contribution is 2.44. The van der Waals surface area contributed by atoms with Gasteiger partial charge in [0.25, 0.3) is 0 Å². The zero-order chi connectivity index (χ0) is 10.7. The molecule has 80 valence electrons. The highest BCUT2D eigenvalue weighted by atomic mass is 32.2. The molecule has 0 amide bonds. The second kappa shape index (κ2) is 4.58. The largest absolute Gasteiger partial charge is 0.328 e. The Balaban J connectivity index is 4.54. The van der Waals surface area contributed by atoms with E-state index < -0.39 is 22.5 Å². The summed E-state index contributed by atoms with van der Waals surface area (Å²) in [6.45, 7) is 6.47. The third-order valence-electron chi connectivity index (χ3n) is 1.53. The minimum atomic E-state index is -3.27. The molecule has 0 radical (unpaired) electrons. The summed E-state index contributed by atoms with van der Waals surface area (Å²) >= 11 is 0. The maximum absolute atomic E-state index is 11.5. The maximum atomic E-state index is 11.5. The second-order valence-corrected chi connectivity index (χ2v) is 8.86. The van der Waals surface area contributed by atoms with Crippen LogP contribution in [0.25, 0.3) is 0 Å². The molecule has 0 aromatic carbocycles. The molecule has 0 rings (SSSR count). The van der Waals surface area contributed by atoms with Crippen LogP contribution in [0.2, 0.25) is 0 Å². The smallest absolute Gasteiger partial charge is 0.214 e. The van der Waals surface area contributed by atoms with Crippen LogP contribution in [0.1, 0.15) is 20.8 Å². The Morgan fingerprint density at radius 2 is 1.85 bits per heavy atom. The zero-order valence-corrected chi connectivity index (χ0v) is 10.2. The Hall–Kier alpha value is 0.140. The molecule has 0 aliphatic rings. The molecule has 13 heavy (non-hydrogen) atoms. The maximum Gasteiger partial charge on any atom is 0.214 e. The molecule has 0 aliphatic heterocycles. The molecule has 4 nitrogen and oxygen atoms in total. The van der Waals surface area contributed by atoms with Gasteiger partial charge >= 0.3 is 0 Å². The molecular formula is C7H17O4PS. The van der Waals surface area contributed by atoms with Gasteiger partial charge in [0.1, 0.15) is 5.49 Å². The minimum absolute atomic E-state index is 0.279. The second-order valence-electron chi connectivity index (χ2n) is 3.27. The van der Waals surface area contributed by atoms with Crippen molar-refractivity contribution in [3.05, 3.63) is 0 Å². The van der Waals surface area contributed by atoms with Gasteiger partial charge in [-0.1, -0.05) is 0 Å². The van der Waals surface area contributed by atoms with Gasteiger partial charge in [0.2, 0.25) is 7.37 Å². The fraction of sp³-hybridized carbons (Fsp3) is 1.00. The predicted octanol–water partition coefficient (Wildman–Crippen LogP) is 1.71. The van der Waals surface area contributed by atoms with Gasteiger partial charge in [0, 0.05) is 6.66 Å². The lowest BCUT2D eigenvalue weighted by molar-refractivity contribution is 0.340. The molecule has 0 bridgehead atoms. The first-order valence-corrected chi connectivity index (χ1v) is 8.11. The van der Waals surface area contributed by atoms with E-state index in [4.69, 9.17) is 4.52 Å². The van der Waals surface area contributed by atoms with E-state index in [1.165, 1.54) is 6.66 Å². The lowest BCUT2D eigenvalue weighted by Crippen LogP contribution is -2.18. The first-order chi connectivity index (χ1) is 5.71. The van der Waals surface area contributed by atoms with E-state index in [1.54, 1.807) is 20.8 Å². The molecule has 0 fully saturated rings. The highest BCUT2D eigenvalue weighted by Gasteiger charge is 2.27. The molecule has 0 saturated carbocycles. The van der Waals surface area contributed by atoms with Crippen molar-refractivity contribution < 1.29 is 17.5 Å². The summed E-state index contributed by atoms with van der Waals surface area (Å²) in [6, 6.07) is 0. The van der Waals surface area contributed by atoms with Gasteiger partial charge in [-0.2, -0.15) is 0 Å². The van der Waals surface area contributed by atoms with Crippen LogP contribution in [0.4, 0.5) is 0 Å². The van der Waals surface area contributed by atoms with E-state index in [1.807, 2.05) is 0 Å². The van der Waals surface area contributed by atoms with Gasteiger partial charge in [-0.3, -0.25) is 4.57 Å². The normalized spacial score (nSPS) is 17.3. The van der Waals surface area contributed by atoms with E-state index >= 15 is 0 Å². The summed E-state index contributed by atoms with van der Waals surface area (Å²) in [5.41, 5.74) is -0.356. The molecular weight excluding hydrogens is 211 g/mol. The zero-order valence-electron chi connectivity index (χ0n) is 8.48. The van der Waals surface area contributed by atoms with Gasteiger partial charge in [-0.25, -0.2) is 8.42 Å². The summed E-state index contributed by atoms with van der Waals surface area (Å²) in [5.74, 6) is 0. The quantitative estimate of drug-likeness (QED) is 0.672. The average Bonchev–Trinajstić information content (AvgIpc) is 1.83. The van der Waals surface area contributed by atoms with Crippen molar-refractivity contribution in [3.63, 3.8) is 0 Å². The van der Waals surface area contributed by atoms with E-state index in [-0.39, 0.29) is 12.1 Å². The van der Waals surface area contributed by atoms with Gasteiger partial charge < -0.3 is 4.52 Å². The fourth-order valence-electron chi connectivity index (χ4n) is 0.786. The first-order valence-electron chi connectivity index (χ1n) is 4.14. The van der Waals surface area contributed by atoms with Crippen LogP contribution in [0.15, 0.2) is 0 Å². The van der Waals surface area contributed by atoms with Crippen molar-refractivity contribution in [1.29, 1.82) is 0 Å². The van der Waals surface area contributed by atoms with Crippen molar-refractivity contribution in [3.8, 4) is 0 Å².